The number of aromatic nitrogens is 2. The van der Waals surface area contributed by atoms with E-state index < -0.39 is 0 Å². The van der Waals surface area contributed by atoms with Gasteiger partial charge in [0.1, 0.15) is 11.6 Å². The Hall–Kier alpha value is -1.81. The zero-order valence-electron chi connectivity index (χ0n) is 12.1. The van der Waals surface area contributed by atoms with E-state index in [0.29, 0.717) is 5.92 Å². The monoisotopic (exact) mass is 285 g/mol. The van der Waals surface area contributed by atoms with Gasteiger partial charge in [0.25, 0.3) is 0 Å². The van der Waals surface area contributed by atoms with Gasteiger partial charge in [-0.2, -0.15) is 0 Å². The van der Waals surface area contributed by atoms with Crippen LogP contribution >= 0.6 is 0 Å². The molecule has 110 valence electrons. The lowest BCUT2D eigenvalue weighted by Crippen LogP contribution is -2.25. The molecular weight excluding hydrogens is 265 g/mol. The summed E-state index contributed by atoms with van der Waals surface area (Å²) >= 11 is 0. The van der Waals surface area contributed by atoms with Crippen molar-refractivity contribution >= 4 is 0 Å². The second-order valence-corrected chi connectivity index (χ2v) is 5.62. The number of rotatable bonds is 3. The van der Waals surface area contributed by atoms with Crippen LogP contribution in [-0.2, 0) is 6.54 Å². The topological polar surface area (TPSA) is 29.0 Å². The highest BCUT2D eigenvalue weighted by molar-refractivity contribution is 5.20. The lowest BCUT2D eigenvalue weighted by Gasteiger charge is -2.19. The third kappa shape index (κ3) is 3.85. The van der Waals surface area contributed by atoms with Crippen molar-refractivity contribution in [3.05, 3.63) is 59.9 Å². The third-order valence-corrected chi connectivity index (χ3v) is 4.15. The van der Waals surface area contributed by atoms with Crippen molar-refractivity contribution in [2.45, 2.75) is 31.7 Å². The number of hydrogen-bond donors (Lipinski definition) is 0. The van der Waals surface area contributed by atoms with Gasteiger partial charge in [-0.1, -0.05) is 12.1 Å². The number of hydrogen-bond acceptors (Lipinski definition) is 3. The van der Waals surface area contributed by atoms with E-state index in [4.69, 9.17) is 0 Å². The highest BCUT2D eigenvalue weighted by Gasteiger charge is 2.19. The number of benzene rings is 1. The normalized spacial score (nSPS) is 20.1. The first kappa shape index (κ1) is 14.1. The molecule has 1 fully saturated rings. The summed E-state index contributed by atoms with van der Waals surface area (Å²) in [5, 5.41) is 0. The van der Waals surface area contributed by atoms with E-state index in [2.05, 4.69) is 14.9 Å². The van der Waals surface area contributed by atoms with Crippen LogP contribution in [0.15, 0.2) is 42.7 Å². The largest absolute Gasteiger partial charge is 0.296 e. The maximum absolute atomic E-state index is 13.0. The zero-order valence-corrected chi connectivity index (χ0v) is 12.1. The molecule has 4 heteroatoms. The molecule has 3 rings (SSSR count). The van der Waals surface area contributed by atoms with Gasteiger partial charge >= 0.3 is 0 Å². The van der Waals surface area contributed by atoms with Gasteiger partial charge in [-0.15, -0.1) is 0 Å². The molecule has 0 radical (unpaired) electrons. The summed E-state index contributed by atoms with van der Waals surface area (Å²) < 4.78 is 13.0. The molecule has 1 aliphatic heterocycles. The van der Waals surface area contributed by atoms with Crippen LogP contribution in [-0.4, -0.2) is 28.0 Å². The average Bonchev–Trinajstić information content (AvgIpc) is 2.75. The standard InChI is InChI=1S/C17H20FN3/c18-16-6-4-15(5-7-16)14-3-1-11-21(12-8-14)13-17-19-9-2-10-20-17/h2,4-7,9-10,14H,1,3,8,11-13H2/t14-/m1/s1. The molecular formula is C17H20FN3. The van der Waals surface area contributed by atoms with Crippen molar-refractivity contribution < 1.29 is 4.39 Å². The lowest BCUT2D eigenvalue weighted by molar-refractivity contribution is 0.269. The maximum atomic E-state index is 13.0. The number of nitrogens with zero attached hydrogens (tertiary/aromatic N) is 3. The molecule has 0 bridgehead atoms. The van der Waals surface area contributed by atoms with E-state index in [1.54, 1.807) is 24.5 Å². The second kappa shape index (κ2) is 6.76. The summed E-state index contributed by atoms with van der Waals surface area (Å²) in [6.07, 6.45) is 7.02. The molecule has 2 aromatic rings. The Morgan fingerprint density at radius 3 is 2.57 bits per heavy atom. The average molecular weight is 285 g/mol. The molecule has 3 nitrogen and oxygen atoms in total. The molecule has 1 aromatic heterocycles. The first-order valence-corrected chi connectivity index (χ1v) is 7.55. The fourth-order valence-corrected chi connectivity index (χ4v) is 2.99. The van der Waals surface area contributed by atoms with Gasteiger partial charge in [-0.3, -0.25) is 4.90 Å². The summed E-state index contributed by atoms with van der Waals surface area (Å²) in [5.74, 6) is 1.26. The molecule has 1 saturated heterocycles. The summed E-state index contributed by atoms with van der Waals surface area (Å²) in [6.45, 7) is 2.94. The van der Waals surface area contributed by atoms with Crippen LogP contribution in [0.1, 0.15) is 36.6 Å². The Morgan fingerprint density at radius 2 is 1.81 bits per heavy atom. The van der Waals surface area contributed by atoms with Gasteiger partial charge < -0.3 is 0 Å². The minimum atomic E-state index is -0.157. The van der Waals surface area contributed by atoms with E-state index >= 15 is 0 Å². The van der Waals surface area contributed by atoms with Crippen molar-refractivity contribution in [1.82, 2.24) is 14.9 Å². The fraction of sp³-hybridized carbons (Fsp3) is 0.412. The van der Waals surface area contributed by atoms with Gasteiger partial charge in [-0.05, 0) is 62.0 Å². The minimum Gasteiger partial charge on any atom is -0.296 e. The summed E-state index contributed by atoms with van der Waals surface area (Å²) in [6, 6.07) is 8.83. The first-order chi connectivity index (χ1) is 10.3. The fourth-order valence-electron chi connectivity index (χ4n) is 2.99. The van der Waals surface area contributed by atoms with Crippen molar-refractivity contribution in [2.24, 2.45) is 0 Å². The zero-order chi connectivity index (χ0) is 14.5. The maximum Gasteiger partial charge on any atom is 0.142 e. The molecule has 0 aliphatic carbocycles. The number of halogens is 1. The first-order valence-electron chi connectivity index (χ1n) is 7.55. The minimum absolute atomic E-state index is 0.157. The van der Waals surface area contributed by atoms with Crippen LogP contribution in [0, 0.1) is 5.82 Å². The summed E-state index contributed by atoms with van der Waals surface area (Å²) in [5.41, 5.74) is 1.26. The Morgan fingerprint density at radius 1 is 1.05 bits per heavy atom. The van der Waals surface area contributed by atoms with Gasteiger partial charge in [0.05, 0.1) is 6.54 Å². The van der Waals surface area contributed by atoms with Crippen molar-refractivity contribution in [1.29, 1.82) is 0 Å². The van der Waals surface area contributed by atoms with Gasteiger partial charge in [0, 0.05) is 12.4 Å². The molecule has 0 saturated carbocycles. The SMILES string of the molecule is Fc1ccc([C@@H]2CCCN(Cc3ncccn3)CC2)cc1. The Kier molecular flexibility index (Phi) is 4.55. The molecule has 1 atom stereocenters. The van der Waals surface area contributed by atoms with Crippen LogP contribution in [0.4, 0.5) is 4.39 Å². The van der Waals surface area contributed by atoms with Crippen LogP contribution in [0.2, 0.25) is 0 Å². The van der Waals surface area contributed by atoms with Gasteiger partial charge in [0.15, 0.2) is 0 Å². The predicted molar refractivity (Wildman–Crippen MR) is 80.3 cm³/mol. The van der Waals surface area contributed by atoms with Crippen molar-refractivity contribution in [2.75, 3.05) is 13.1 Å². The van der Waals surface area contributed by atoms with E-state index in [9.17, 15) is 4.39 Å². The van der Waals surface area contributed by atoms with E-state index in [1.807, 2.05) is 18.2 Å². The van der Waals surface area contributed by atoms with E-state index in [0.717, 1.165) is 44.7 Å². The van der Waals surface area contributed by atoms with Crippen LogP contribution < -0.4 is 0 Å². The summed E-state index contributed by atoms with van der Waals surface area (Å²) in [7, 11) is 0. The van der Waals surface area contributed by atoms with Crippen molar-refractivity contribution in [3.63, 3.8) is 0 Å². The third-order valence-electron chi connectivity index (χ3n) is 4.15. The van der Waals surface area contributed by atoms with Gasteiger partial charge in [-0.25, -0.2) is 14.4 Å². The van der Waals surface area contributed by atoms with E-state index in [1.165, 1.54) is 5.56 Å². The molecule has 2 heterocycles. The molecule has 0 unspecified atom stereocenters. The molecule has 1 aromatic carbocycles. The quantitative estimate of drug-likeness (QED) is 0.865. The lowest BCUT2D eigenvalue weighted by atomic mass is 9.92. The number of likely N-dealkylation sites (tertiary alicyclic amines) is 1. The van der Waals surface area contributed by atoms with Gasteiger partial charge in [0.2, 0.25) is 0 Å². The predicted octanol–water partition coefficient (Wildman–Crippen LogP) is 3.39. The van der Waals surface area contributed by atoms with Crippen LogP contribution in [0.25, 0.3) is 0 Å². The second-order valence-electron chi connectivity index (χ2n) is 5.62. The Balaban J connectivity index is 1.60. The molecule has 0 N–H and O–H groups in total. The van der Waals surface area contributed by atoms with E-state index in [-0.39, 0.29) is 5.82 Å². The Bertz CT molecular complexity index is 556. The molecule has 21 heavy (non-hydrogen) atoms. The smallest absolute Gasteiger partial charge is 0.142 e. The molecule has 1 aliphatic rings. The summed E-state index contributed by atoms with van der Waals surface area (Å²) in [4.78, 5) is 11.0. The Labute approximate surface area is 124 Å². The molecule has 0 amide bonds. The molecule has 0 spiro atoms. The highest BCUT2D eigenvalue weighted by Crippen LogP contribution is 2.28. The van der Waals surface area contributed by atoms with Crippen molar-refractivity contribution in [3.8, 4) is 0 Å². The van der Waals surface area contributed by atoms with Crippen LogP contribution in [0.5, 0.6) is 0 Å². The van der Waals surface area contributed by atoms with Crippen LogP contribution in [0.3, 0.4) is 0 Å². The highest BCUT2D eigenvalue weighted by atomic mass is 19.1.